The van der Waals surface area contributed by atoms with Crippen molar-refractivity contribution in [3.05, 3.63) is 29.3 Å². The maximum atomic E-state index is 11.9. The Kier molecular flexibility index (Phi) is 4.83. The fraction of sp³-hybridized carbons (Fsp3) is 0.500. The molecule has 1 amide bonds. The molecule has 2 unspecified atom stereocenters. The number of aliphatic carboxylic acids is 1. The number of carbonyl (C=O) groups excluding carboxylic acids is 1. The van der Waals surface area contributed by atoms with Gasteiger partial charge in [-0.3, -0.25) is 9.59 Å². The molecule has 0 bridgehead atoms. The quantitative estimate of drug-likeness (QED) is 0.870. The first-order chi connectivity index (χ1) is 9.95. The number of rotatable bonds is 5. The molecule has 0 saturated heterocycles. The van der Waals surface area contributed by atoms with Crippen LogP contribution >= 0.6 is 0 Å². The first-order valence-corrected chi connectivity index (χ1v) is 7.18. The summed E-state index contributed by atoms with van der Waals surface area (Å²) < 4.78 is 5.54. The summed E-state index contributed by atoms with van der Waals surface area (Å²) in [5, 5.41) is 11.8. The van der Waals surface area contributed by atoms with Gasteiger partial charge in [0.25, 0.3) is 5.91 Å². The Morgan fingerprint density at radius 3 is 2.76 bits per heavy atom. The van der Waals surface area contributed by atoms with Crippen LogP contribution in [0.25, 0.3) is 0 Å². The summed E-state index contributed by atoms with van der Waals surface area (Å²) in [6, 6.07) is 5.79. The van der Waals surface area contributed by atoms with Crippen molar-refractivity contribution in [3.8, 4) is 5.75 Å². The highest BCUT2D eigenvalue weighted by molar-refractivity contribution is 5.78. The molecule has 2 atom stereocenters. The van der Waals surface area contributed by atoms with Crippen molar-refractivity contribution in [2.24, 2.45) is 5.92 Å². The van der Waals surface area contributed by atoms with Gasteiger partial charge in [-0.2, -0.15) is 0 Å². The van der Waals surface area contributed by atoms with E-state index in [1.807, 2.05) is 32.0 Å². The average molecular weight is 291 g/mol. The Hall–Kier alpha value is -2.04. The summed E-state index contributed by atoms with van der Waals surface area (Å²) in [4.78, 5) is 22.7. The number of carboxylic acid groups (broad SMARTS) is 1. The summed E-state index contributed by atoms with van der Waals surface area (Å²) in [5.41, 5.74) is 2.07. The highest BCUT2D eigenvalue weighted by Gasteiger charge is 2.30. The van der Waals surface area contributed by atoms with Gasteiger partial charge in [0, 0.05) is 6.04 Å². The van der Waals surface area contributed by atoms with E-state index in [-0.39, 0.29) is 24.5 Å². The number of nitrogens with one attached hydrogen (secondary N) is 1. The minimum atomic E-state index is -0.779. The fourth-order valence-corrected chi connectivity index (χ4v) is 2.61. The molecule has 114 valence electrons. The monoisotopic (exact) mass is 291 g/mol. The van der Waals surface area contributed by atoms with Crippen LogP contribution in [0.1, 0.15) is 30.4 Å². The Morgan fingerprint density at radius 2 is 2.10 bits per heavy atom. The zero-order valence-corrected chi connectivity index (χ0v) is 12.4. The molecule has 0 aromatic heterocycles. The number of hydrogen-bond donors (Lipinski definition) is 2. The fourth-order valence-electron chi connectivity index (χ4n) is 2.61. The molecule has 2 rings (SSSR count). The summed E-state index contributed by atoms with van der Waals surface area (Å²) in [7, 11) is 0. The van der Waals surface area contributed by atoms with Crippen molar-refractivity contribution >= 4 is 11.9 Å². The number of carboxylic acids is 1. The Bertz CT molecular complexity index is 541. The van der Waals surface area contributed by atoms with Gasteiger partial charge in [0.05, 0.1) is 5.92 Å². The number of hydrogen-bond acceptors (Lipinski definition) is 3. The third kappa shape index (κ3) is 4.21. The van der Waals surface area contributed by atoms with Crippen LogP contribution in [0, 0.1) is 19.8 Å². The van der Waals surface area contributed by atoms with Gasteiger partial charge in [-0.25, -0.2) is 0 Å². The summed E-state index contributed by atoms with van der Waals surface area (Å²) in [6.07, 6.45) is 1.84. The number of ether oxygens (including phenoxy) is 1. The zero-order valence-electron chi connectivity index (χ0n) is 12.4. The van der Waals surface area contributed by atoms with E-state index in [1.165, 1.54) is 0 Å². The van der Waals surface area contributed by atoms with Crippen molar-refractivity contribution in [1.82, 2.24) is 5.32 Å². The molecule has 1 aliphatic carbocycles. The Balaban J connectivity index is 1.80. The lowest BCUT2D eigenvalue weighted by atomic mass is 10.1. The van der Waals surface area contributed by atoms with Crippen molar-refractivity contribution in [1.29, 1.82) is 0 Å². The topological polar surface area (TPSA) is 75.6 Å². The standard InChI is InChI=1S/C16H21NO4/c1-10-3-4-11(2)14(7-10)21-9-15(18)17-13-6-5-12(8-13)16(19)20/h3-4,7,12-13H,5-6,8-9H2,1-2H3,(H,17,18)(H,19,20). The normalized spacial score (nSPS) is 21.0. The first kappa shape index (κ1) is 15.4. The van der Waals surface area contributed by atoms with Gasteiger partial charge < -0.3 is 15.2 Å². The summed E-state index contributed by atoms with van der Waals surface area (Å²) >= 11 is 0. The van der Waals surface area contributed by atoms with Gasteiger partial charge in [0.2, 0.25) is 0 Å². The van der Waals surface area contributed by atoms with Crippen LogP contribution in [0.15, 0.2) is 18.2 Å². The van der Waals surface area contributed by atoms with Crippen LogP contribution in [0.4, 0.5) is 0 Å². The van der Waals surface area contributed by atoms with Gasteiger partial charge in [-0.05, 0) is 50.3 Å². The number of aryl methyl sites for hydroxylation is 2. The highest BCUT2D eigenvalue weighted by atomic mass is 16.5. The SMILES string of the molecule is Cc1ccc(C)c(OCC(=O)NC2CCC(C(=O)O)C2)c1. The maximum absolute atomic E-state index is 11.9. The number of amides is 1. The van der Waals surface area contributed by atoms with Gasteiger partial charge in [-0.1, -0.05) is 12.1 Å². The van der Waals surface area contributed by atoms with E-state index in [9.17, 15) is 9.59 Å². The van der Waals surface area contributed by atoms with E-state index < -0.39 is 5.97 Å². The second-order valence-corrected chi connectivity index (χ2v) is 5.67. The molecular weight excluding hydrogens is 270 g/mol. The number of carbonyl (C=O) groups is 2. The summed E-state index contributed by atoms with van der Waals surface area (Å²) in [6.45, 7) is 3.86. The van der Waals surface area contributed by atoms with Gasteiger partial charge in [-0.15, -0.1) is 0 Å². The van der Waals surface area contributed by atoms with Crippen LogP contribution in [0.2, 0.25) is 0 Å². The second-order valence-electron chi connectivity index (χ2n) is 5.67. The number of benzene rings is 1. The minimum absolute atomic E-state index is 0.0431. The zero-order chi connectivity index (χ0) is 15.4. The van der Waals surface area contributed by atoms with Crippen LogP contribution in [-0.2, 0) is 9.59 Å². The van der Waals surface area contributed by atoms with Gasteiger partial charge >= 0.3 is 5.97 Å². The molecular formula is C16H21NO4. The molecule has 0 spiro atoms. The molecule has 1 fully saturated rings. The smallest absolute Gasteiger partial charge is 0.306 e. The van der Waals surface area contributed by atoms with Crippen LogP contribution in [0.3, 0.4) is 0 Å². The van der Waals surface area contributed by atoms with Crippen LogP contribution in [-0.4, -0.2) is 29.6 Å². The highest BCUT2D eigenvalue weighted by Crippen LogP contribution is 2.25. The van der Waals surface area contributed by atoms with E-state index in [2.05, 4.69) is 5.32 Å². The average Bonchev–Trinajstić information content (AvgIpc) is 2.88. The van der Waals surface area contributed by atoms with Crippen molar-refractivity contribution in [3.63, 3.8) is 0 Å². The van der Waals surface area contributed by atoms with Crippen LogP contribution in [0.5, 0.6) is 5.75 Å². The van der Waals surface area contributed by atoms with E-state index in [4.69, 9.17) is 9.84 Å². The van der Waals surface area contributed by atoms with E-state index >= 15 is 0 Å². The second kappa shape index (κ2) is 6.61. The predicted molar refractivity (Wildman–Crippen MR) is 78.3 cm³/mol. The molecule has 2 N–H and O–H groups in total. The van der Waals surface area contributed by atoms with Crippen molar-refractivity contribution in [2.75, 3.05) is 6.61 Å². The van der Waals surface area contributed by atoms with Crippen molar-refractivity contribution in [2.45, 2.75) is 39.2 Å². The largest absolute Gasteiger partial charge is 0.483 e. The molecule has 5 nitrogen and oxygen atoms in total. The third-order valence-corrected chi connectivity index (χ3v) is 3.85. The Morgan fingerprint density at radius 1 is 1.33 bits per heavy atom. The molecule has 0 heterocycles. The third-order valence-electron chi connectivity index (χ3n) is 3.85. The van der Waals surface area contributed by atoms with E-state index in [0.29, 0.717) is 25.0 Å². The van der Waals surface area contributed by atoms with Crippen molar-refractivity contribution < 1.29 is 19.4 Å². The lowest BCUT2D eigenvalue weighted by molar-refractivity contribution is -0.141. The molecule has 1 aliphatic rings. The lowest BCUT2D eigenvalue weighted by Crippen LogP contribution is -2.36. The van der Waals surface area contributed by atoms with E-state index in [0.717, 1.165) is 11.1 Å². The molecule has 5 heteroatoms. The predicted octanol–water partition coefficient (Wildman–Crippen LogP) is 2.05. The van der Waals surface area contributed by atoms with Gasteiger partial charge in [0.15, 0.2) is 6.61 Å². The lowest BCUT2D eigenvalue weighted by Gasteiger charge is -2.14. The molecule has 1 aromatic rings. The molecule has 0 aliphatic heterocycles. The first-order valence-electron chi connectivity index (χ1n) is 7.18. The Labute approximate surface area is 124 Å². The molecule has 1 saturated carbocycles. The van der Waals surface area contributed by atoms with E-state index in [1.54, 1.807) is 0 Å². The molecule has 1 aromatic carbocycles. The molecule has 0 radical (unpaired) electrons. The summed E-state index contributed by atoms with van der Waals surface area (Å²) in [5.74, 6) is -0.611. The maximum Gasteiger partial charge on any atom is 0.306 e. The molecule has 21 heavy (non-hydrogen) atoms. The minimum Gasteiger partial charge on any atom is -0.483 e. The van der Waals surface area contributed by atoms with Crippen LogP contribution < -0.4 is 10.1 Å². The van der Waals surface area contributed by atoms with Gasteiger partial charge in [0.1, 0.15) is 5.75 Å².